The monoisotopic (exact) mass is 549 g/mol. The molecule has 1 amide bonds. The Morgan fingerprint density at radius 3 is 1.95 bits per heavy atom. The van der Waals surface area contributed by atoms with Gasteiger partial charge in [0.15, 0.2) is 0 Å². The Bertz CT molecular complexity index is 1250. The Hall–Kier alpha value is -4.14. The quantitative estimate of drug-likeness (QED) is 0.347. The van der Waals surface area contributed by atoms with Crippen LogP contribution in [0.1, 0.15) is 26.4 Å². The largest absolute Gasteiger partial charge is 0.490 e. The SMILES string of the molecule is NC(=O)c1sc2c(c1Cc1ccncc1)CNc1ccccc1-2.O=C(O)C(F)(F)F.O=C(O)C(F)(F)F. The van der Waals surface area contributed by atoms with Crippen molar-refractivity contribution < 1.29 is 50.9 Å². The number of hydrogen-bond donors (Lipinski definition) is 4. The fourth-order valence-electron chi connectivity index (χ4n) is 3.01. The van der Waals surface area contributed by atoms with Crippen LogP contribution < -0.4 is 11.1 Å². The van der Waals surface area contributed by atoms with Crippen molar-refractivity contribution in [2.45, 2.75) is 25.3 Å². The lowest BCUT2D eigenvalue weighted by molar-refractivity contribution is -0.193. The summed E-state index contributed by atoms with van der Waals surface area (Å²) < 4.78 is 63.5. The first-order chi connectivity index (χ1) is 17.1. The van der Waals surface area contributed by atoms with Gasteiger partial charge in [-0.05, 0) is 41.3 Å². The number of nitrogens with two attached hydrogens (primary N) is 1. The third kappa shape index (κ3) is 7.93. The number of halogens is 6. The molecule has 2 aromatic heterocycles. The number of pyridine rings is 1. The second kappa shape index (κ2) is 11.7. The number of nitrogens with one attached hydrogen (secondary N) is 1. The molecule has 0 radical (unpaired) electrons. The zero-order valence-corrected chi connectivity index (χ0v) is 19.2. The van der Waals surface area contributed by atoms with Crippen molar-refractivity contribution in [3.63, 3.8) is 0 Å². The van der Waals surface area contributed by atoms with Gasteiger partial charge in [0.1, 0.15) is 0 Å². The average molecular weight is 549 g/mol. The summed E-state index contributed by atoms with van der Waals surface area (Å²) in [5, 5.41) is 17.7. The number of carboxylic acid groups (broad SMARTS) is 2. The van der Waals surface area contributed by atoms with Crippen LogP contribution in [-0.2, 0) is 22.6 Å². The van der Waals surface area contributed by atoms with Crippen molar-refractivity contribution in [2.75, 3.05) is 5.32 Å². The number of nitrogens with zero attached hydrogens (tertiary/aromatic N) is 1. The highest BCUT2D eigenvalue weighted by Crippen LogP contribution is 2.44. The Morgan fingerprint density at radius 1 is 0.946 bits per heavy atom. The molecule has 4 rings (SSSR count). The van der Waals surface area contributed by atoms with Gasteiger partial charge in [0.25, 0.3) is 5.91 Å². The third-order valence-electron chi connectivity index (χ3n) is 4.58. The van der Waals surface area contributed by atoms with Crippen LogP contribution in [0.15, 0.2) is 48.8 Å². The van der Waals surface area contributed by atoms with Crippen molar-refractivity contribution in [3.05, 3.63) is 70.4 Å². The van der Waals surface area contributed by atoms with Gasteiger partial charge >= 0.3 is 24.3 Å². The first-order valence-electron chi connectivity index (χ1n) is 9.89. The van der Waals surface area contributed by atoms with Crippen molar-refractivity contribution in [1.82, 2.24) is 4.98 Å². The molecule has 15 heteroatoms. The number of fused-ring (bicyclic) bond motifs is 3. The minimum Gasteiger partial charge on any atom is -0.475 e. The van der Waals surface area contributed by atoms with Gasteiger partial charge < -0.3 is 21.3 Å². The number of carbonyl (C=O) groups excluding carboxylic acids is 1. The van der Waals surface area contributed by atoms with Gasteiger partial charge in [-0.3, -0.25) is 9.78 Å². The molecule has 0 atom stereocenters. The molecule has 3 aromatic rings. The summed E-state index contributed by atoms with van der Waals surface area (Å²) in [6, 6.07) is 12.1. The first-order valence-corrected chi connectivity index (χ1v) is 10.7. The minimum absolute atomic E-state index is 0.356. The number of benzene rings is 1. The number of para-hydroxylation sites is 1. The second-order valence-corrected chi connectivity index (χ2v) is 8.14. The molecule has 1 aliphatic rings. The molecule has 0 saturated heterocycles. The average Bonchev–Trinajstić information content (AvgIpc) is 3.18. The number of alkyl halides is 6. The molecule has 198 valence electrons. The third-order valence-corrected chi connectivity index (χ3v) is 5.91. The second-order valence-electron chi connectivity index (χ2n) is 7.12. The van der Waals surface area contributed by atoms with E-state index < -0.39 is 24.3 Å². The van der Waals surface area contributed by atoms with Gasteiger partial charge in [0.2, 0.25) is 0 Å². The highest BCUT2D eigenvalue weighted by atomic mass is 32.1. The number of carbonyl (C=O) groups is 3. The number of carboxylic acids is 2. The molecule has 1 aliphatic heterocycles. The minimum atomic E-state index is -5.08. The van der Waals surface area contributed by atoms with E-state index >= 15 is 0 Å². The summed E-state index contributed by atoms with van der Waals surface area (Å²) in [4.78, 5) is 35.6. The molecule has 0 spiro atoms. The molecule has 0 saturated carbocycles. The number of anilines is 1. The predicted octanol–water partition coefficient (Wildman–Crippen LogP) is 4.69. The molecule has 8 nitrogen and oxygen atoms in total. The number of hydrogen-bond acceptors (Lipinski definition) is 6. The van der Waals surface area contributed by atoms with Crippen LogP contribution >= 0.6 is 11.3 Å². The molecule has 0 fully saturated rings. The summed E-state index contributed by atoms with van der Waals surface area (Å²) in [5.41, 5.74) is 11.2. The first kappa shape index (κ1) is 29.1. The van der Waals surface area contributed by atoms with Crippen molar-refractivity contribution in [1.29, 1.82) is 0 Å². The summed E-state index contributed by atoms with van der Waals surface area (Å²) >= 11 is 1.50. The summed E-state index contributed by atoms with van der Waals surface area (Å²) in [7, 11) is 0. The van der Waals surface area contributed by atoms with E-state index in [-0.39, 0.29) is 5.91 Å². The predicted molar refractivity (Wildman–Crippen MR) is 120 cm³/mol. The molecule has 0 unspecified atom stereocenters. The maximum atomic E-state index is 11.9. The lowest BCUT2D eigenvalue weighted by Crippen LogP contribution is -2.21. The Labute approximate surface area is 208 Å². The van der Waals surface area contributed by atoms with Gasteiger partial charge in [-0.2, -0.15) is 26.3 Å². The van der Waals surface area contributed by atoms with Crippen LogP contribution in [0, 0.1) is 0 Å². The van der Waals surface area contributed by atoms with Crippen molar-refractivity contribution >= 4 is 34.9 Å². The number of aromatic nitrogens is 1. The smallest absolute Gasteiger partial charge is 0.475 e. The highest BCUT2D eigenvalue weighted by Gasteiger charge is 2.38. The molecule has 5 N–H and O–H groups in total. The van der Waals surface area contributed by atoms with E-state index in [4.69, 9.17) is 25.5 Å². The molecule has 0 bridgehead atoms. The lowest BCUT2D eigenvalue weighted by atomic mass is 9.95. The topological polar surface area (TPSA) is 143 Å². The zero-order valence-electron chi connectivity index (χ0n) is 18.4. The molecule has 1 aromatic carbocycles. The van der Waals surface area contributed by atoms with E-state index in [9.17, 15) is 31.1 Å². The standard InChI is InChI=1S/C18H15N3OS.2C2HF3O2/c19-18(22)17-13(9-11-5-7-20-8-6-11)14-10-21-15-4-2-1-3-12(15)16(14)23-17;2*3-2(4,5)1(6)7/h1-8,21H,9-10H2,(H2,19,22);2*(H,6,7). The number of rotatable bonds is 3. The number of amides is 1. The van der Waals surface area contributed by atoms with Gasteiger partial charge in [0.05, 0.1) is 4.88 Å². The van der Waals surface area contributed by atoms with Gasteiger partial charge in [0, 0.05) is 35.1 Å². The van der Waals surface area contributed by atoms with Crippen LogP contribution in [0.4, 0.5) is 32.0 Å². The maximum absolute atomic E-state index is 11.9. The van der Waals surface area contributed by atoms with E-state index in [1.807, 2.05) is 24.3 Å². The van der Waals surface area contributed by atoms with E-state index in [1.165, 1.54) is 16.9 Å². The van der Waals surface area contributed by atoms with E-state index in [1.54, 1.807) is 12.4 Å². The van der Waals surface area contributed by atoms with Gasteiger partial charge in [-0.1, -0.05) is 18.2 Å². The Kier molecular flexibility index (Phi) is 9.22. The maximum Gasteiger partial charge on any atom is 0.490 e. The summed E-state index contributed by atoms with van der Waals surface area (Å²) in [6.07, 6.45) is -5.94. The fraction of sp³-hybridized carbons (Fsp3) is 0.182. The summed E-state index contributed by atoms with van der Waals surface area (Å²) in [6.45, 7) is 0.719. The zero-order chi connectivity index (χ0) is 28.0. The molecule has 0 aliphatic carbocycles. The Morgan fingerprint density at radius 2 is 1.46 bits per heavy atom. The molecule has 37 heavy (non-hydrogen) atoms. The molecule has 3 heterocycles. The van der Waals surface area contributed by atoms with Crippen LogP contribution in [0.3, 0.4) is 0 Å². The van der Waals surface area contributed by atoms with E-state index in [2.05, 4.69) is 22.4 Å². The van der Waals surface area contributed by atoms with Crippen LogP contribution in [-0.4, -0.2) is 45.4 Å². The fourth-order valence-corrected chi connectivity index (χ4v) is 4.24. The molecular weight excluding hydrogens is 532 g/mol. The lowest BCUT2D eigenvalue weighted by Gasteiger charge is -2.19. The van der Waals surface area contributed by atoms with Crippen LogP contribution in [0.25, 0.3) is 10.4 Å². The van der Waals surface area contributed by atoms with Crippen molar-refractivity contribution in [3.8, 4) is 10.4 Å². The van der Waals surface area contributed by atoms with Crippen molar-refractivity contribution in [2.24, 2.45) is 5.73 Å². The number of thiophene rings is 1. The summed E-state index contributed by atoms with van der Waals surface area (Å²) in [5.74, 6) is -5.87. The van der Waals surface area contributed by atoms with Gasteiger partial charge in [-0.15, -0.1) is 11.3 Å². The Balaban J connectivity index is 0.000000286. The van der Waals surface area contributed by atoms with Crippen LogP contribution in [0.2, 0.25) is 0 Å². The van der Waals surface area contributed by atoms with E-state index in [0.717, 1.165) is 33.8 Å². The highest BCUT2D eigenvalue weighted by molar-refractivity contribution is 7.18. The molecular formula is C22H17F6N3O5S. The van der Waals surface area contributed by atoms with Crippen LogP contribution in [0.5, 0.6) is 0 Å². The normalized spacial score (nSPS) is 11.8. The van der Waals surface area contributed by atoms with E-state index in [0.29, 0.717) is 11.3 Å². The van der Waals surface area contributed by atoms with Gasteiger partial charge in [-0.25, -0.2) is 9.59 Å². The number of aliphatic carboxylic acids is 2. The number of primary amides is 1.